The van der Waals surface area contributed by atoms with Crippen molar-refractivity contribution in [3.63, 3.8) is 0 Å². The number of nitrogens with one attached hydrogen (secondary N) is 1. The highest BCUT2D eigenvalue weighted by Gasteiger charge is 2.29. The lowest BCUT2D eigenvalue weighted by Crippen LogP contribution is -2.36. The molecule has 0 spiro atoms. The second-order valence-electron chi connectivity index (χ2n) is 5.85. The molecule has 2 aromatic heterocycles. The Kier molecular flexibility index (Phi) is 4.63. The summed E-state index contributed by atoms with van der Waals surface area (Å²) in [5.41, 5.74) is 0.362. The number of nitrogens with zero attached hydrogens (tertiary/aromatic N) is 1. The van der Waals surface area contributed by atoms with E-state index in [-0.39, 0.29) is 17.4 Å². The number of hydrogen-bond acceptors (Lipinski definition) is 4. The van der Waals surface area contributed by atoms with Crippen molar-refractivity contribution in [2.45, 2.75) is 26.8 Å². The highest BCUT2D eigenvalue weighted by molar-refractivity contribution is 7.10. The number of hydrogen-bond donors (Lipinski definition) is 1. The molecule has 21 heavy (non-hydrogen) atoms. The highest BCUT2D eigenvalue weighted by Crippen LogP contribution is 2.35. The number of carbonyl (C=O) groups excluding carboxylic acids is 1. The van der Waals surface area contributed by atoms with Crippen LogP contribution in [0.3, 0.4) is 0 Å². The van der Waals surface area contributed by atoms with Gasteiger partial charge in [-0.15, -0.1) is 11.3 Å². The van der Waals surface area contributed by atoms with E-state index in [1.165, 1.54) is 7.11 Å². The predicted octanol–water partition coefficient (Wildman–Crippen LogP) is 3.67. The molecule has 1 amide bonds. The summed E-state index contributed by atoms with van der Waals surface area (Å²) >= 11 is 1.64. The van der Waals surface area contributed by atoms with Crippen LogP contribution in [0.15, 0.2) is 35.8 Å². The Labute approximate surface area is 129 Å². The number of ether oxygens (including phenoxy) is 1. The summed E-state index contributed by atoms with van der Waals surface area (Å²) in [4.78, 5) is 17.8. The Bertz CT molecular complexity index is 603. The second kappa shape index (κ2) is 6.26. The quantitative estimate of drug-likeness (QED) is 0.937. The van der Waals surface area contributed by atoms with Gasteiger partial charge in [0.2, 0.25) is 5.88 Å². The maximum Gasteiger partial charge on any atom is 0.257 e. The van der Waals surface area contributed by atoms with Gasteiger partial charge in [0.25, 0.3) is 5.91 Å². The van der Waals surface area contributed by atoms with Gasteiger partial charge in [-0.25, -0.2) is 4.98 Å². The van der Waals surface area contributed by atoms with Crippen molar-refractivity contribution in [2.75, 3.05) is 7.11 Å². The fourth-order valence-electron chi connectivity index (χ4n) is 2.11. The lowest BCUT2D eigenvalue weighted by atomic mass is 9.85. The van der Waals surface area contributed by atoms with Crippen LogP contribution in [0.25, 0.3) is 0 Å². The van der Waals surface area contributed by atoms with E-state index in [9.17, 15) is 4.79 Å². The average molecular weight is 304 g/mol. The van der Waals surface area contributed by atoms with Gasteiger partial charge < -0.3 is 10.1 Å². The number of thiophene rings is 1. The van der Waals surface area contributed by atoms with Gasteiger partial charge >= 0.3 is 0 Å². The molecule has 5 heteroatoms. The van der Waals surface area contributed by atoms with E-state index in [1.54, 1.807) is 29.7 Å². The summed E-state index contributed by atoms with van der Waals surface area (Å²) in [5, 5.41) is 5.12. The molecular weight excluding hydrogens is 284 g/mol. The molecular formula is C16H20N2O2S. The molecule has 0 aliphatic heterocycles. The molecule has 0 radical (unpaired) electrons. The first-order valence-electron chi connectivity index (χ1n) is 6.76. The Balaban J connectivity index is 2.27. The summed E-state index contributed by atoms with van der Waals surface area (Å²) in [6.07, 6.45) is 1.61. The van der Waals surface area contributed by atoms with E-state index in [2.05, 4.69) is 31.1 Å². The van der Waals surface area contributed by atoms with E-state index in [4.69, 9.17) is 4.74 Å². The van der Waals surface area contributed by atoms with Crippen molar-refractivity contribution in [3.8, 4) is 5.88 Å². The third-order valence-electron chi connectivity index (χ3n) is 3.18. The molecule has 2 rings (SSSR count). The smallest absolute Gasteiger partial charge is 0.257 e. The number of pyridine rings is 1. The molecule has 1 atom stereocenters. The highest BCUT2D eigenvalue weighted by atomic mass is 32.1. The minimum absolute atomic E-state index is 0.0603. The van der Waals surface area contributed by atoms with E-state index in [0.717, 1.165) is 4.88 Å². The van der Waals surface area contributed by atoms with Gasteiger partial charge in [-0.05, 0) is 29.0 Å². The summed E-state index contributed by atoms with van der Waals surface area (Å²) in [6.45, 7) is 6.33. The van der Waals surface area contributed by atoms with E-state index < -0.39 is 0 Å². The standard InChI is InChI=1S/C16H20N2O2S/c1-16(2,3)13(12-8-6-10-21-12)18-14(19)11-7-5-9-17-15(11)20-4/h5-10,13H,1-4H3,(H,18,19). The first-order valence-corrected chi connectivity index (χ1v) is 7.64. The molecule has 1 N–H and O–H groups in total. The lowest BCUT2D eigenvalue weighted by molar-refractivity contribution is 0.0899. The first kappa shape index (κ1) is 15.5. The second-order valence-corrected chi connectivity index (χ2v) is 6.83. The van der Waals surface area contributed by atoms with Gasteiger partial charge in [0.05, 0.1) is 13.2 Å². The van der Waals surface area contributed by atoms with Crippen molar-refractivity contribution in [2.24, 2.45) is 5.41 Å². The number of methoxy groups -OCH3 is 1. The van der Waals surface area contributed by atoms with Crippen LogP contribution in [0.1, 0.15) is 42.0 Å². The normalized spacial score (nSPS) is 12.8. The van der Waals surface area contributed by atoms with Crippen molar-refractivity contribution >= 4 is 17.2 Å². The van der Waals surface area contributed by atoms with Crippen molar-refractivity contribution in [1.82, 2.24) is 10.3 Å². The zero-order valence-electron chi connectivity index (χ0n) is 12.7. The van der Waals surface area contributed by atoms with Gasteiger partial charge in [-0.3, -0.25) is 4.79 Å². The molecule has 0 saturated heterocycles. The molecule has 112 valence electrons. The monoisotopic (exact) mass is 304 g/mol. The van der Waals surface area contributed by atoms with Gasteiger partial charge in [-0.2, -0.15) is 0 Å². The largest absolute Gasteiger partial charge is 0.480 e. The molecule has 0 fully saturated rings. The number of aromatic nitrogens is 1. The van der Waals surface area contributed by atoms with Crippen LogP contribution in [0.5, 0.6) is 5.88 Å². The molecule has 0 aromatic carbocycles. The summed E-state index contributed by atoms with van der Waals surface area (Å²) in [6, 6.07) is 7.43. The Hall–Kier alpha value is -1.88. The number of amides is 1. The summed E-state index contributed by atoms with van der Waals surface area (Å²) in [7, 11) is 1.51. The van der Waals surface area contributed by atoms with Crippen LogP contribution in [0.4, 0.5) is 0 Å². The van der Waals surface area contributed by atoms with Crippen molar-refractivity contribution in [3.05, 3.63) is 46.3 Å². The molecule has 0 aliphatic rings. The molecule has 4 nitrogen and oxygen atoms in total. The van der Waals surface area contributed by atoms with Crippen LogP contribution in [-0.2, 0) is 0 Å². The predicted molar refractivity (Wildman–Crippen MR) is 84.8 cm³/mol. The topological polar surface area (TPSA) is 51.2 Å². The van der Waals surface area contributed by atoms with Crippen LogP contribution < -0.4 is 10.1 Å². The number of carbonyl (C=O) groups is 1. The molecule has 2 heterocycles. The summed E-state index contributed by atoms with van der Waals surface area (Å²) in [5.74, 6) is 0.169. The van der Waals surface area contributed by atoms with E-state index >= 15 is 0 Å². The molecule has 0 saturated carbocycles. The Morgan fingerprint density at radius 3 is 2.67 bits per heavy atom. The van der Waals surface area contributed by atoms with Crippen LogP contribution in [0.2, 0.25) is 0 Å². The fraction of sp³-hybridized carbons (Fsp3) is 0.375. The van der Waals surface area contributed by atoms with Crippen molar-refractivity contribution in [1.29, 1.82) is 0 Å². The Morgan fingerprint density at radius 1 is 1.33 bits per heavy atom. The van der Waals surface area contributed by atoms with Crippen molar-refractivity contribution < 1.29 is 9.53 Å². The minimum Gasteiger partial charge on any atom is -0.480 e. The SMILES string of the molecule is COc1ncccc1C(=O)NC(c1cccs1)C(C)(C)C. The van der Waals surface area contributed by atoms with E-state index in [1.807, 2.05) is 17.5 Å². The van der Waals surface area contributed by atoms with Gasteiger partial charge in [-0.1, -0.05) is 26.8 Å². The third-order valence-corrected chi connectivity index (χ3v) is 4.12. The van der Waals surface area contributed by atoms with Gasteiger partial charge in [0.1, 0.15) is 5.56 Å². The third kappa shape index (κ3) is 3.61. The molecule has 0 bridgehead atoms. The van der Waals surface area contributed by atoms with Crippen LogP contribution in [-0.4, -0.2) is 18.0 Å². The first-order chi connectivity index (χ1) is 9.93. The minimum atomic E-state index is -0.173. The van der Waals surface area contributed by atoms with Gasteiger partial charge in [0, 0.05) is 11.1 Å². The fourth-order valence-corrected chi connectivity index (χ4v) is 3.13. The van der Waals surface area contributed by atoms with E-state index in [0.29, 0.717) is 11.4 Å². The maximum absolute atomic E-state index is 12.6. The zero-order valence-corrected chi connectivity index (χ0v) is 13.5. The lowest BCUT2D eigenvalue weighted by Gasteiger charge is -2.30. The molecule has 1 unspecified atom stereocenters. The van der Waals surface area contributed by atoms with Crippen LogP contribution >= 0.6 is 11.3 Å². The zero-order chi connectivity index (χ0) is 15.5. The van der Waals surface area contributed by atoms with Gasteiger partial charge in [0.15, 0.2) is 0 Å². The Morgan fingerprint density at radius 2 is 2.10 bits per heavy atom. The van der Waals surface area contributed by atoms with Crippen LogP contribution in [0, 0.1) is 5.41 Å². The maximum atomic E-state index is 12.6. The number of rotatable bonds is 4. The average Bonchev–Trinajstić information content (AvgIpc) is 2.96. The molecule has 0 aliphatic carbocycles. The molecule has 2 aromatic rings. The summed E-state index contributed by atoms with van der Waals surface area (Å²) < 4.78 is 5.16.